The molecule has 158 valence electrons. The van der Waals surface area contributed by atoms with Crippen LogP contribution in [0.1, 0.15) is 12.6 Å². The molecule has 0 aromatic carbocycles. The van der Waals surface area contributed by atoms with Crippen molar-refractivity contribution in [3.8, 4) is 0 Å². The first-order chi connectivity index (χ1) is 10.7. The SMILES string of the molecule is Nc1nc2c(ncn2[C@H]2C[C@H](O)[C@H](COP(=O)([O-])[O-])O2)c(=O)[nH]1.O.O.O.O.[Na+].[Na+]. The quantitative estimate of drug-likeness (QED) is 0.284. The van der Waals surface area contributed by atoms with Crippen LogP contribution in [0, 0.1) is 0 Å². The van der Waals surface area contributed by atoms with Crippen molar-refractivity contribution in [3.05, 3.63) is 16.7 Å². The molecular formula is C10H20N5Na2O11P. The zero-order valence-electron chi connectivity index (χ0n) is 15.5. The Labute approximate surface area is 206 Å². The molecule has 3 rings (SSSR count). The monoisotopic (exact) mass is 463 g/mol. The van der Waals surface area contributed by atoms with Gasteiger partial charge in [-0.1, -0.05) is 0 Å². The number of phosphoric ester groups is 1. The van der Waals surface area contributed by atoms with Gasteiger partial charge in [0.15, 0.2) is 11.2 Å². The van der Waals surface area contributed by atoms with Crippen molar-refractivity contribution in [2.24, 2.45) is 0 Å². The van der Waals surface area contributed by atoms with Crippen molar-refractivity contribution >= 4 is 24.9 Å². The fraction of sp³-hybridized carbons (Fsp3) is 0.500. The van der Waals surface area contributed by atoms with Crippen LogP contribution in [-0.2, 0) is 13.8 Å². The average molecular weight is 463 g/mol. The largest absolute Gasteiger partial charge is 1.00 e. The number of imidazole rings is 1. The molecule has 19 heteroatoms. The third-order valence-corrected chi connectivity index (χ3v) is 3.83. The van der Waals surface area contributed by atoms with Crippen LogP contribution in [0.5, 0.6) is 0 Å². The molecule has 0 bridgehead atoms. The minimum absolute atomic E-state index is 0. The van der Waals surface area contributed by atoms with E-state index in [9.17, 15) is 24.3 Å². The van der Waals surface area contributed by atoms with Gasteiger partial charge in [0.2, 0.25) is 5.95 Å². The van der Waals surface area contributed by atoms with Gasteiger partial charge in [-0.2, -0.15) is 4.98 Å². The second-order valence-electron chi connectivity index (χ2n) is 4.95. The number of aliphatic hydroxyl groups excluding tert-OH is 1. The predicted octanol–water partition coefficient (Wildman–Crippen LogP) is -12.1. The van der Waals surface area contributed by atoms with E-state index in [4.69, 9.17) is 10.5 Å². The van der Waals surface area contributed by atoms with Crippen molar-refractivity contribution in [2.75, 3.05) is 12.3 Å². The molecule has 3 heterocycles. The zero-order valence-corrected chi connectivity index (χ0v) is 20.4. The number of aromatic amines is 1. The summed E-state index contributed by atoms with van der Waals surface area (Å²) in [5.74, 6) is -0.110. The first-order valence-corrected chi connectivity index (χ1v) is 7.93. The Kier molecular flexibility index (Phi) is 17.8. The standard InChI is InChI=1S/C10H14N5O7P.2Na.4H2O/c11-10-13-8-7(9(17)14-10)12-3-15(8)6-1-4(16)5(22-6)2-21-23(18,19)20;;;;;;/h3-6,16H,1-2H2,(H2,18,19,20)(H3,11,13,14,17);;;4*1H2/q;2*+1;;;;/p-2/t4-,5-,6+;;;;;;/m0....../s1. The molecule has 0 radical (unpaired) electrons. The Morgan fingerprint density at radius 2 is 1.93 bits per heavy atom. The summed E-state index contributed by atoms with van der Waals surface area (Å²) in [7, 11) is -5.16. The number of nitrogens with zero attached hydrogens (tertiary/aromatic N) is 3. The maximum absolute atomic E-state index is 11.7. The fourth-order valence-electron chi connectivity index (χ4n) is 2.35. The van der Waals surface area contributed by atoms with Crippen molar-refractivity contribution in [1.29, 1.82) is 0 Å². The molecule has 16 nitrogen and oxygen atoms in total. The van der Waals surface area contributed by atoms with E-state index in [1.807, 2.05) is 0 Å². The molecule has 12 N–H and O–H groups in total. The number of nitrogens with one attached hydrogen (secondary N) is 1. The van der Waals surface area contributed by atoms with Crippen molar-refractivity contribution in [3.63, 3.8) is 0 Å². The number of H-pyrrole nitrogens is 1. The molecule has 1 aliphatic heterocycles. The van der Waals surface area contributed by atoms with Gasteiger partial charge in [0.1, 0.15) is 12.3 Å². The van der Waals surface area contributed by atoms with E-state index in [0.29, 0.717) is 0 Å². The predicted molar refractivity (Wildman–Crippen MR) is 85.1 cm³/mol. The van der Waals surface area contributed by atoms with Gasteiger partial charge in [-0.15, -0.1) is 0 Å². The second-order valence-corrected chi connectivity index (χ2v) is 6.10. The van der Waals surface area contributed by atoms with Gasteiger partial charge in [0, 0.05) is 6.42 Å². The number of aromatic nitrogens is 4. The summed E-state index contributed by atoms with van der Waals surface area (Å²) < 4.78 is 21.5. The van der Waals surface area contributed by atoms with Crippen molar-refractivity contribution < 1.29 is 110 Å². The number of hydrogen-bond acceptors (Lipinski definition) is 10. The first kappa shape index (κ1) is 36.4. The van der Waals surface area contributed by atoms with Gasteiger partial charge in [0.05, 0.1) is 26.9 Å². The van der Waals surface area contributed by atoms with Crippen LogP contribution >= 0.6 is 7.82 Å². The second kappa shape index (κ2) is 14.2. The summed E-state index contributed by atoms with van der Waals surface area (Å²) in [5, 5.41) is 9.89. The number of phosphoric acid groups is 1. The van der Waals surface area contributed by atoms with Gasteiger partial charge in [-0.25, -0.2) is 4.98 Å². The number of fused-ring (bicyclic) bond motifs is 1. The van der Waals surface area contributed by atoms with Crippen LogP contribution < -0.4 is 80.2 Å². The maximum Gasteiger partial charge on any atom is 1.00 e. The third-order valence-electron chi connectivity index (χ3n) is 3.36. The fourth-order valence-corrected chi connectivity index (χ4v) is 2.68. The number of nitrogens with two attached hydrogens (primary N) is 1. The van der Waals surface area contributed by atoms with Crippen LogP contribution in [-0.4, -0.2) is 65.3 Å². The van der Waals surface area contributed by atoms with Gasteiger partial charge >= 0.3 is 59.1 Å². The van der Waals surface area contributed by atoms with Crippen LogP contribution in [0.15, 0.2) is 11.1 Å². The Hall–Kier alpha value is 0.0200. The molecule has 1 saturated heterocycles. The van der Waals surface area contributed by atoms with Crippen molar-refractivity contribution in [2.45, 2.75) is 24.9 Å². The molecule has 0 amide bonds. The van der Waals surface area contributed by atoms with E-state index in [0.717, 1.165) is 0 Å². The van der Waals surface area contributed by atoms with Crippen LogP contribution in [0.3, 0.4) is 0 Å². The number of hydrogen-bond donors (Lipinski definition) is 3. The Bertz CT molecular complexity index is 845. The molecule has 2 aromatic rings. The van der Waals surface area contributed by atoms with Crippen LogP contribution in [0.2, 0.25) is 0 Å². The van der Waals surface area contributed by atoms with E-state index in [1.54, 1.807) is 0 Å². The first-order valence-electron chi connectivity index (χ1n) is 6.47. The van der Waals surface area contributed by atoms with Crippen molar-refractivity contribution in [1.82, 2.24) is 19.5 Å². The van der Waals surface area contributed by atoms with Gasteiger partial charge in [-0.3, -0.25) is 14.3 Å². The summed E-state index contributed by atoms with van der Waals surface area (Å²) in [6, 6.07) is 0. The maximum atomic E-state index is 11.7. The summed E-state index contributed by atoms with van der Waals surface area (Å²) >= 11 is 0. The van der Waals surface area contributed by atoms with Crippen LogP contribution in [0.25, 0.3) is 11.2 Å². The molecule has 3 atom stereocenters. The minimum Gasteiger partial charge on any atom is -0.790 e. The summed E-state index contributed by atoms with van der Waals surface area (Å²) in [6.07, 6.45) is -1.50. The summed E-state index contributed by atoms with van der Waals surface area (Å²) in [6.45, 7) is -0.606. The molecule has 1 aliphatic rings. The molecule has 0 aliphatic carbocycles. The van der Waals surface area contributed by atoms with E-state index < -0.39 is 38.4 Å². The van der Waals surface area contributed by atoms with E-state index in [1.165, 1.54) is 10.9 Å². The normalized spacial score (nSPS) is 20.0. The number of aliphatic hydroxyl groups is 1. The Morgan fingerprint density at radius 3 is 2.48 bits per heavy atom. The molecule has 0 unspecified atom stereocenters. The molecular weight excluding hydrogens is 443 g/mol. The van der Waals surface area contributed by atoms with Gasteiger partial charge < -0.3 is 56.4 Å². The number of anilines is 1. The molecule has 29 heavy (non-hydrogen) atoms. The van der Waals surface area contributed by atoms with Gasteiger partial charge in [0.25, 0.3) is 5.56 Å². The Morgan fingerprint density at radius 1 is 1.34 bits per heavy atom. The summed E-state index contributed by atoms with van der Waals surface area (Å²) in [4.78, 5) is 42.8. The Balaban J connectivity index is -0.000000521. The number of ether oxygens (including phenoxy) is 1. The molecule has 1 fully saturated rings. The number of nitrogen functional groups attached to an aromatic ring is 1. The average Bonchev–Trinajstić information content (AvgIpc) is 2.99. The molecule has 0 spiro atoms. The van der Waals surface area contributed by atoms with Gasteiger partial charge in [-0.05, 0) is 0 Å². The van der Waals surface area contributed by atoms with E-state index in [-0.39, 0.29) is 105 Å². The van der Waals surface area contributed by atoms with Crippen LogP contribution in [0.4, 0.5) is 5.95 Å². The minimum atomic E-state index is -5.16. The van der Waals surface area contributed by atoms with E-state index >= 15 is 0 Å². The topological polar surface area (TPSA) is 317 Å². The third kappa shape index (κ3) is 8.58. The number of rotatable bonds is 4. The smallest absolute Gasteiger partial charge is 0.790 e. The van der Waals surface area contributed by atoms with E-state index in [2.05, 4.69) is 19.5 Å². The molecule has 0 saturated carbocycles. The summed E-state index contributed by atoms with van der Waals surface area (Å²) in [5.41, 5.74) is 5.16. The zero-order chi connectivity index (χ0) is 16.8. The molecule has 2 aromatic heterocycles.